The number of halogens is 1. The van der Waals surface area contributed by atoms with Crippen LogP contribution in [0.25, 0.3) is 0 Å². The molecule has 17 heavy (non-hydrogen) atoms. The van der Waals surface area contributed by atoms with Crippen molar-refractivity contribution >= 4 is 21.7 Å². The smallest absolute Gasteiger partial charge is 0.137 e. The Morgan fingerprint density at radius 3 is 2.76 bits per heavy atom. The van der Waals surface area contributed by atoms with Crippen LogP contribution in [0.5, 0.6) is 5.75 Å². The molecule has 0 fully saturated rings. The molecule has 0 unspecified atom stereocenters. The first kappa shape index (κ1) is 14.2. The van der Waals surface area contributed by atoms with Gasteiger partial charge >= 0.3 is 0 Å². The number of rotatable bonds is 7. The van der Waals surface area contributed by atoms with E-state index in [4.69, 9.17) is 9.47 Å². The van der Waals surface area contributed by atoms with Gasteiger partial charge in [-0.1, -0.05) is 15.9 Å². The minimum absolute atomic E-state index is 0.219. The highest BCUT2D eigenvalue weighted by molar-refractivity contribution is 9.10. The largest absolute Gasteiger partial charge is 0.497 e. The number of carbonyl (C=O) groups is 1. The molecule has 0 bridgehead atoms. The summed E-state index contributed by atoms with van der Waals surface area (Å²) in [6.07, 6.45) is 1.76. The quantitative estimate of drug-likeness (QED) is 0.726. The van der Waals surface area contributed by atoms with Gasteiger partial charge in [0.15, 0.2) is 0 Å². The van der Waals surface area contributed by atoms with Crippen LogP contribution >= 0.6 is 15.9 Å². The molecule has 0 spiro atoms. The zero-order chi connectivity index (χ0) is 12.7. The van der Waals surface area contributed by atoms with Gasteiger partial charge in [-0.25, -0.2) is 0 Å². The molecule has 4 heteroatoms. The monoisotopic (exact) mass is 300 g/mol. The second kappa shape index (κ2) is 7.45. The molecular formula is C13H17BrO3. The molecule has 0 aliphatic rings. The molecule has 1 aromatic rings. The maximum atomic E-state index is 11.7. The summed E-state index contributed by atoms with van der Waals surface area (Å²) < 4.78 is 11.0. The second-order valence-electron chi connectivity index (χ2n) is 3.77. The van der Waals surface area contributed by atoms with Crippen LogP contribution in [0.15, 0.2) is 22.7 Å². The molecule has 0 saturated carbocycles. The van der Waals surface area contributed by atoms with Crippen molar-refractivity contribution in [1.82, 2.24) is 0 Å². The van der Waals surface area contributed by atoms with Gasteiger partial charge in [0.2, 0.25) is 0 Å². The molecule has 0 saturated heterocycles. The third-order valence-electron chi connectivity index (χ3n) is 2.44. The number of carbonyl (C=O) groups excluding carboxylic acids is 1. The molecule has 0 heterocycles. The third-order valence-corrected chi connectivity index (χ3v) is 3.22. The van der Waals surface area contributed by atoms with Crippen molar-refractivity contribution < 1.29 is 14.3 Å². The van der Waals surface area contributed by atoms with E-state index in [1.807, 2.05) is 18.2 Å². The van der Waals surface area contributed by atoms with Crippen molar-refractivity contribution in [3.05, 3.63) is 28.2 Å². The Labute approximate surface area is 110 Å². The van der Waals surface area contributed by atoms with Gasteiger partial charge < -0.3 is 9.47 Å². The number of methoxy groups -OCH3 is 2. The summed E-state index contributed by atoms with van der Waals surface area (Å²) in [6, 6.07) is 5.65. The van der Waals surface area contributed by atoms with Gasteiger partial charge in [0, 0.05) is 31.0 Å². The van der Waals surface area contributed by atoms with Crippen LogP contribution in [-0.4, -0.2) is 26.6 Å². The van der Waals surface area contributed by atoms with Crippen LogP contribution in [0, 0.1) is 0 Å². The maximum Gasteiger partial charge on any atom is 0.137 e. The van der Waals surface area contributed by atoms with E-state index in [0.29, 0.717) is 19.4 Å². The molecule has 0 atom stereocenters. The van der Waals surface area contributed by atoms with E-state index < -0.39 is 0 Å². The topological polar surface area (TPSA) is 35.5 Å². The first-order chi connectivity index (χ1) is 8.17. The van der Waals surface area contributed by atoms with E-state index in [1.165, 1.54) is 0 Å². The zero-order valence-electron chi connectivity index (χ0n) is 10.2. The lowest BCUT2D eigenvalue weighted by atomic mass is 10.1. The molecule has 1 aromatic carbocycles. The highest BCUT2D eigenvalue weighted by Crippen LogP contribution is 2.23. The molecule has 0 amide bonds. The second-order valence-corrected chi connectivity index (χ2v) is 4.62. The Hall–Kier alpha value is -0.870. The SMILES string of the molecule is COCCCC(=O)Cc1cc(OC)ccc1Br. The van der Waals surface area contributed by atoms with E-state index in [1.54, 1.807) is 14.2 Å². The predicted molar refractivity (Wildman–Crippen MR) is 70.5 cm³/mol. The first-order valence-corrected chi connectivity index (χ1v) is 6.29. The van der Waals surface area contributed by atoms with Gasteiger partial charge in [-0.15, -0.1) is 0 Å². The predicted octanol–water partition coefficient (Wildman–Crippen LogP) is 3.00. The minimum atomic E-state index is 0.219. The van der Waals surface area contributed by atoms with Gasteiger partial charge in [-0.3, -0.25) is 4.79 Å². The van der Waals surface area contributed by atoms with Crippen molar-refractivity contribution in [2.75, 3.05) is 20.8 Å². The molecule has 0 aliphatic heterocycles. The van der Waals surface area contributed by atoms with Crippen LogP contribution in [0.4, 0.5) is 0 Å². The Morgan fingerprint density at radius 1 is 1.35 bits per heavy atom. The summed E-state index contributed by atoms with van der Waals surface area (Å²) in [5, 5.41) is 0. The number of ketones is 1. The number of Topliss-reactive ketones (excluding diaryl/α,β-unsaturated/α-hetero) is 1. The Balaban J connectivity index is 2.57. The van der Waals surface area contributed by atoms with Crippen LogP contribution in [0.1, 0.15) is 18.4 Å². The fourth-order valence-corrected chi connectivity index (χ4v) is 1.91. The molecule has 94 valence electrons. The third kappa shape index (κ3) is 4.88. The van der Waals surface area contributed by atoms with E-state index >= 15 is 0 Å². The van der Waals surface area contributed by atoms with E-state index in [0.717, 1.165) is 22.2 Å². The average Bonchev–Trinajstić information content (AvgIpc) is 2.32. The van der Waals surface area contributed by atoms with Gasteiger partial charge in [0.1, 0.15) is 11.5 Å². The fraction of sp³-hybridized carbons (Fsp3) is 0.462. The molecule has 0 aromatic heterocycles. The number of hydrogen-bond acceptors (Lipinski definition) is 3. The van der Waals surface area contributed by atoms with Gasteiger partial charge in [0.05, 0.1) is 7.11 Å². The van der Waals surface area contributed by atoms with Crippen molar-refractivity contribution in [3.63, 3.8) is 0 Å². The lowest BCUT2D eigenvalue weighted by Gasteiger charge is -2.06. The van der Waals surface area contributed by atoms with Crippen molar-refractivity contribution in [2.45, 2.75) is 19.3 Å². The van der Waals surface area contributed by atoms with Crippen molar-refractivity contribution in [3.8, 4) is 5.75 Å². The summed E-state index contributed by atoms with van der Waals surface area (Å²) in [5.74, 6) is 0.990. The molecule has 3 nitrogen and oxygen atoms in total. The van der Waals surface area contributed by atoms with E-state index in [9.17, 15) is 4.79 Å². The normalized spacial score (nSPS) is 10.3. The summed E-state index contributed by atoms with van der Waals surface area (Å²) >= 11 is 3.44. The van der Waals surface area contributed by atoms with Crippen molar-refractivity contribution in [2.24, 2.45) is 0 Å². The number of benzene rings is 1. The van der Waals surface area contributed by atoms with Gasteiger partial charge in [0.25, 0.3) is 0 Å². The highest BCUT2D eigenvalue weighted by Gasteiger charge is 2.08. The van der Waals surface area contributed by atoms with Crippen LogP contribution in [-0.2, 0) is 16.0 Å². The average molecular weight is 301 g/mol. The van der Waals surface area contributed by atoms with Crippen LogP contribution in [0.2, 0.25) is 0 Å². The standard InChI is InChI=1S/C13H17BrO3/c1-16-7-3-4-11(15)8-10-9-12(17-2)5-6-13(10)14/h5-6,9H,3-4,7-8H2,1-2H3. The van der Waals surface area contributed by atoms with E-state index in [2.05, 4.69) is 15.9 Å². The molecule has 0 aliphatic carbocycles. The Morgan fingerprint density at radius 2 is 2.12 bits per heavy atom. The summed E-state index contributed by atoms with van der Waals surface area (Å²) in [7, 11) is 3.26. The summed E-state index contributed by atoms with van der Waals surface area (Å²) in [4.78, 5) is 11.7. The Kier molecular flexibility index (Phi) is 6.22. The Bertz CT molecular complexity index is 377. The van der Waals surface area contributed by atoms with Crippen LogP contribution < -0.4 is 4.74 Å². The lowest BCUT2D eigenvalue weighted by Crippen LogP contribution is -2.05. The van der Waals surface area contributed by atoms with Crippen molar-refractivity contribution in [1.29, 1.82) is 0 Å². The molecule has 0 N–H and O–H groups in total. The van der Waals surface area contributed by atoms with Gasteiger partial charge in [-0.2, -0.15) is 0 Å². The molecular weight excluding hydrogens is 284 g/mol. The number of hydrogen-bond donors (Lipinski definition) is 0. The maximum absolute atomic E-state index is 11.7. The zero-order valence-corrected chi connectivity index (χ0v) is 11.7. The summed E-state index contributed by atoms with van der Waals surface area (Å²) in [5.41, 5.74) is 0.965. The van der Waals surface area contributed by atoms with E-state index in [-0.39, 0.29) is 5.78 Å². The fourth-order valence-electron chi connectivity index (χ4n) is 1.53. The van der Waals surface area contributed by atoms with Gasteiger partial charge in [-0.05, 0) is 30.2 Å². The number of ether oxygens (including phenoxy) is 2. The first-order valence-electron chi connectivity index (χ1n) is 5.50. The lowest BCUT2D eigenvalue weighted by molar-refractivity contribution is -0.118. The molecule has 0 radical (unpaired) electrons. The minimum Gasteiger partial charge on any atom is -0.497 e. The summed E-state index contributed by atoms with van der Waals surface area (Å²) in [6.45, 7) is 0.630. The van der Waals surface area contributed by atoms with Crippen LogP contribution in [0.3, 0.4) is 0 Å². The molecule has 1 rings (SSSR count). The highest BCUT2D eigenvalue weighted by atomic mass is 79.9.